The number of halogens is 1. The number of para-hydroxylation sites is 1. The number of hydrogen-bond acceptors (Lipinski definition) is 5. The number of ether oxygens (including phenoxy) is 3. The predicted molar refractivity (Wildman–Crippen MR) is 95.7 cm³/mol. The Bertz CT molecular complexity index is 901. The zero-order chi connectivity index (χ0) is 18.5. The Morgan fingerprint density at radius 3 is 2.69 bits per heavy atom. The van der Waals surface area contributed by atoms with Crippen molar-refractivity contribution in [3.8, 4) is 11.5 Å². The lowest BCUT2D eigenvalue weighted by Crippen LogP contribution is -2.05. The zero-order valence-electron chi connectivity index (χ0n) is 14.1. The number of hydrogen-bond donors (Lipinski definition) is 0. The molecule has 0 N–H and O–H groups in total. The van der Waals surface area contributed by atoms with Crippen LogP contribution in [0.5, 0.6) is 11.5 Å². The fraction of sp³-hybridized carbons (Fsp3) is 0.100. The van der Waals surface area contributed by atoms with Gasteiger partial charge in [0.15, 0.2) is 17.2 Å². The van der Waals surface area contributed by atoms with Crippen molar-refractivity contribution in [2.24, 2.45) is 4.99 Å². The molecule has 1 aliphatic rings. The van der Waals surface area contributed by atoms with Crippen molar-refractivity contribution in [2.45, 2.75) is 0 Å². The maximum atomic E-state index is 13.0. The van der Waals surface area contributed by atoms with Gasteiger partial charge in [-0.05, 0) is 36.4 Å². The molecule has 0 unspecified atom stereocenters. The third-order valence-electron chi connectivity index (χ3n) is 3.58. The van der Waals surface area contributed by atoms with Crippen LogP contribution in [0.25, 0.3) is 6.08 Å². The Hall–Kier alpha value is -3.41. The number of carbonyl (C=O) groups is 1. The van der Waals surface area contributed by atoms with Crippen LogP contribution < -0.4 is 9.47 Å². The third kappa shape index (κ3) is 3.64. The van der Waals surface area contributed by atoms with Crippen molar-refractivity contribution in [1.29, 1.82) is 0 Å². The highest BCUT2D eigenvalue weighted by atomic mass is 19.1. The van der Waals surface area contributed by atoms with Gasteiger partial charge in [0, 0.05) is 11.1 Å². The summed E-state index contributed by atoms with van der Waals surface area (Å²) < 4.78 is 29.2. The number of cyclic esters (lactones) is 1. The molecule has 2 aromatic rings. The van der Waals surface area contributed by atoms with Crippen LogP contribution in [-0.2, 0) is 9.53 Å². The molecule has 0 saturated heterocycles. The summed E-state index contributed by atoms with van der Waals surface area (Å²) in [7, 11) is 1.53. The molecule has 0 atom stereocenters. The fourth-order valence-corrected chi connectivity index (χ4v) is 2.38. The highest BCUT2D eigenvalue weighted by Gasteiger charge is 2.25. The Morgan fingerprint density at radius 1 is 1.23 bits per heavy atom. The number of rotatable bonds is 6. The van der Waals surface area contributed by atoms with E-state index in [9.17, 15) is 9.18 Å². The Labute approximate surface area is 150 Å². The van der Waals surface area contributed by atoms with Gasteiger partial charge >= 0.3 is 5.97 Å². The Balaban J connectivity index is 1.97. The molecule has 0 radical (unpaired) electrons. The molecule has 5 nitrogen and oxygen atoms in total. The van der Waals surface area contributed by atoms with E-state index in [-0.39, 0.29) is 24.0 Å². The number of nitrogens with zero attached hydrogens (tertiary/aromatic N) is 1. The van der Waals surface area contributed by atoms with E-state index < -0.39 is 5.97 Å². The molecular weight excluding hydrogens is 337 g/mol. The standard InChI is InChI=1S/C20H16FNO4/c1-3-11-25-18-14(5-4-6-17(18)24-2)12-16-20(23)26-19(22-16)13-7-9-15(21)10-8-13/h3-10,12H,1,11H2,2H3. The van der Waals surface area contributed by atoms with E-state index in [1.165, 1.54) is 31.4 Å². The minimum Gasteiger partial charge on any atom is -0.493 e. The van der Waals surface area contributed by atoms with Crippen LogP contribution in [0.2, 0.25) is 0 Å². The molecule has 0 fully saturated rings. The summed E-state index contributed by atoms with van der Waals surface area (Å²) in [6.45, 7) is 3.90. The van der Waals surface area contributed by atoms with Crippen LogP contribution in [-0.4, -0.2) is 25.6 Å². The normalized spacial score (nSPS) is 14.8. The average Bonchev–Trinajstić information content (AvgIpc) is 3.01. The van der Waals surface area contributed by atoms with E-state index in [0.29, 0.717) is 22.6 Å². The predicted octanol–water partition coefficient (Wildman–Crippen LogP) is 3.74. The van der Waals surface area contributed by atoms with E-state index in [1.807, 2.05) is 0 Å². The summed E-state index contributed by atoms with van der Waals surface area (Å²) in [5.41, 5.74) is 1.24. The second kappa shape index (κ2) is 7.65. The SMILES string of the molecule is C=CCOc1c(C=C2N=C(c3ccc(F)cc3)OC2=O)cccc1OC. The molecular formula is C20H16FNO4. The smallest absolute Gasteiger partial charge is 0.363 e. The van der Waals surface area contributed by atoms with Crippen molar-refractivity contribution < 1.29 is 23.4 Å². The first kappa shape index (κ1) is 17.4. The van der Waals surface area contributed by atoms with Crippen LogP contribution in [0.3, 0.4) is 0 Å². The molecule has 2 aromatic carbocycles. The van der Waals surface area contributed by atoms with Gasteiger partial charge < -0.3 is 14.2 Å². The van der Waals surface area contributed by atoms with Crippen LogP contribution >= 0.6 is 0 Å². The first-order valence-electron chi connectivity index (χ1n) is 7.81. The summed E-state index contributed by atoms with van der Waals surface area (Å²) in [4.78, 5) is 16.3. The van der Waals surface area contributed by atoms with Gasteiger partial charge in [0.25, 0.3) is 0 Å². The second-order valence-electron chi connectivity index (χ2n) is 5.32. The van der Waals surface area contributed by atoms with E-state index in [1.54, 1.807) is 30.4 Å². The molecule has 0 aliphatic carbocycles. The Morgan fingerprint density at radius 2 is 2.00 bits per heavy atom. The summed E-state index contributed by atoms with van der Waals surface area (Å²) in [6, 6.07) is 10.8. The maximum absolute atomic E-state index is 13.0. The molecule has 1 heterocycles. The molecule has 0 amide bonds. The van der Waals surface area contributed by atoms with Crippen molar-refractivity contribution in [3.63, 3.8) is 0 Å². The van der Waals surface area contributed by atoms with Crippen LogP contribution in [0, 0.1) is 5.82 Å². The van der Waals surface area contributed by atoms with E-state index in [0.717, 1.165) is 0 Å². The van der Waals surface area contributed by atoms with Gasteiger partial charge in [-0.3, -0.25) is 0 Å². The number of aliphatic imine (C=N–C) groups is 1. The second-order valence-corrected chi connectivity index (χ2v) is 5.32. The molecule has 3 rings (SSSR count). The van der Waals surface area contributed by atoms with Crippen molar-refractivity contribution in [1.82, 2.24) is 0 Å². The van der Waals surface area contributed by atoms with E-state index >= 15 is 0 Å². The van der Waals surface area contributed by atoms with Crippen LogP contribution in [0.1, 0.15) is 11.1 Å². The summed E-state index contributed by atoms with van der Waals surface area (Å²) >= 11 is 0. The highest BCUT2D eigenvalue weighted by Crippen LogP contribution is 2.33. The van der Waals surface area contributed by atoms with Gasteiger partial charge in [0.2, 0.25) is 5.90 Å². The average molecular weight is 353 g/mol. The van der Waals surface area contributed by atoms with Crippen molar-refractivity contribution >= 4 is 17.9 Å². The van der Waals surface area contributed by atoms with Crippen molar-refractivity contribution in [2.75, 3.05) is 13.7 Å². The minimum atomic E-state index is -0.596. The topological polar surface area (TPSA) is 57.1 Å². The first-order valence-corrected chi connectivity index (χ1v) is 7.81. The van der Waals surface area contributed by atoms with Gasteiger partial charge in [0.1, 0.15) is 12.4 Å². The molecule has 1 aliphatic heterocycles. The first-order chi connectivity index (χ1) is 12.6. The molecule has 6 heteroatoms. The molecule has 0 aromatic heterocycles. The van der Waals surface area contributed by atoms with Gasteiger partial charge in [0.05, 0.1) is 7.11 Å². The summed E-state index contributed by atoms with van der Waals surface area (Å²) in [6.07, 6.45) is 3.16. The molecule has 26 heavy (non-hydrogen) atoms. The van der Waals surface area contributed by atoms with Gasteiger partial charge in [-0.25, -0.2) is 14.2 Å². The molecule has 0 spiro atoms. The lowest BCUT2D eigenvalue weighted by Gasteiger charge is -2.12. The van der Waals surface area contributed by atoms with Crippen LogP contribution in [0.4, 0.5) is 4.39 Å². The number of esters is 1. The molecule has 0 saturated carbocycles. The fourth-order valence-electron chi connectivity index (χ4n) is 2.38. The number of carbonyl (C=O) groups excluding carboxylic acids is 1. The van der Waals surface area contributed by atoms with Gasteiger partial charge in [-0.1, -0.05) is 24.8 Å². The van der Waals surface area contributed by atoms with E-state index in [4.69, 9.17) is 14.2 Å². The lowest BCUT2D eigenvalue weighted by molar-refractivity contribution is -0.129. The van der Waals surface area contributed by atoms with Gasteiger partial charge in [-0.15, -0.1) is 0 Å². The maximum Gasteiger partial charge on any atom is 0.363 e. The lowest BCUT2D eigenvalue weighted by atomic mass is 10.1. The largest absolute Gasteiger partial charge is 0.493 e. The van der Waals surface area contributed by atoms with Crippen molar-refractivity contribution in [3.05, 3.63) is 77.8 Å². The number of methoxy groups -OCH3 is 1. The third-order valence-corrected chi connectivity index (χ3v) is 3.58. The zero-order valence-corrected chi connectivity index (χ0v) is 14.1. The van der Waals surface area contributed by atoms with E-state index in [2.05, 4.69) is 11.6 Å². The monoisotopic (exact) mass is 353 g/mol. The molecule has 0 bridgehead atoms. The van der Waals surface area contributed by atoms with Crippen LogP contribution in [0.15, 0.2) is 65.8 Å². The molecule has 132 valence electrons. The quantitative estimate of drug-likeness (QED) is 0.451. The highest BCUT2D eigenvalue weighted by molar-refractivity contribution is 6.13. The van der Waals surface area contributed by atoms with Gasteiger partial charge in [-0.2, -0.15) is 0 Å². The summed E-state index contributed by atoms with van der Waals surface area (Å²) in [5, 5.41) is 0. The minimum absolute atomic E-state index is 0.112. The Kier molecular flexibility index (Phi) is 5.12. The number of benzene rings is 2. The summed E-state index contributed by atoms with van der Waals surface area (Å²) in [5.74, 6) is 0.144.